The van der Waals surface area contributed by atoms with Crippen molar-refractivity contribution < 1.29 is 24.2 Å². The smallest absolute Gasteiger partial charge is 0.409 e. The number of nitrogens with zero attached hydrogens (tertiary/aromatic N) is 2. The van der Waals surface area contributed by atoms with E-state index in [-0.39, 0.29) is 31.0 Å². The molecule has 20 heavy (non-hydrogen) atoms. The Bertz CT molecular complexity index is 404. The van der Waals surface area contributed by atoms with E-state index in [2.05, 4.69) is 0 Å². The van der Waals surface area contributed by atoms with Crippen molar-refractivity contribution in [3.05, 3.63) is 0 Å². The number of hydrogen-bond donors (Lipinski definition) is 1. The summed E-state index contributed by atoms with van der Waals surface area (Å²) >= 11 is 0. The zero-order valence-corrected chi connectivity index (χ0v) is 11.6. The van der Waals surface area contributed by atoms with Gasteiger partial charge in [0.2, 0.25) is 5.91 Å². The van der Waals surface area contributed by atoms with Crippen LogP contribution in [0.15, 0.2) is 0 Å². The Morgan fingerprint density at radius 2 is 2.00 bits per heavy atom. The molecule has 0 aliphatic carbocycles. The predicted molar refractivity (Wildman–Crippen MR) is 69.1 cm³/mol. The molecule has 2 rings (SSSR count). The number of ether oxygens (including phenoxy) is 1. The monoisotopic (exact) mass is 284 g/mol. The summed E-state index contributed by atoms with van der Waals surface area (Å²) in [6, 6.07) is 0.0394. The summed E-state index contributed by atoms with van der Waals surface area (Å²) in [5.74, 6) is -1.60. The number of aliphatic carboxylic acids is 1. The van der Waals surface area contributed by atoms with E-state index in [1.165, 1.54) is 0 Å². The van der Waals surface area contributed by atoms with Gasteiger partial charge in [0.15, 0.2) is 0 Å². The minimum Gasteiger partial charge on any atom is -0.481 e. The van der Waals surface area contributed by atoms with E-state index in [1.54, 1.807) is 16.7 Å². The molecule has 0 spiro atoms. The molecule has 0 aromatic carbocycles. The lowest BCUT2D eigenvalue weighted by Gasteiger charge is -2.36. The first-order chi connectivity index (χ1) is 9.52. The maximum atomic E-state index is 11.9. The Morgan fingerprint density at radius 3 is 2.50 bits per heavy atom. The molecular formula is C13H20N2O5. The summed E-state index contributed by atoms with van der Waals surface area (Å²) < 4.78 is 4.94. The lowest BCUT2D eigenvalue weighted by molar-refractivity contribution is -0.141. The van der Waals surface area contributed by atoms with Crippen LogP contribution < -0.4 is 0 Å². The molecule has 2 heterocycles. The topological polar surface area (TPSA) is 87.2 Å². The molecule has 2 fully saturated rings. The fourth-order valence-corrected chi connectivity index (χ4v) is 2.82. The summed E-state index contributed by atoms with van der Waals surface area (Å²) in [6.07, 6.45) is 1.13. The van der Waals surface area contributed by atoms with Crippen LogP contribution in [-0.4, -0.2) is 65.2 Å². The second-order valence-electron chi connectivity index (χ2n) is 5.20. The molecule has 0 aromatic heterocycles. The molecule has 112 valence electrons. The number of amides is 2. The van der Waals surface area contributed by atoms with E-state index in [4.69, 9.17) is 9.84 Å². The first kappa shape index (κ1) is 14.6. The van der Waals surface area contributed by atoms with E-state index in [1.807, 2.05) is 0 Å². The molecule has 7 nitrogen and oxygen atoms in total. The van der Waals surface area contributed by atoms with Crippen LogP contribution in [0.4, 0.5) is 4.79 Å². The number of carboxylic acid groups (broad SMARTS) is 1. The molecule has 0 aromatic rings. The SMILES string of the molecule is CCOC(=O)N1CCC(N2CC(C(=O)O)CC2=O)CC1. The van der Waals surface area contributed by atoms with Gasteiger partial charge in [0.05, 0.1) is 12.5 Å². The van der Waals surface area contributed by atoms with Gasteiger partial charge in [-0.2, -0.15) is 0 Å². The van der Waals surface area contributed by atoms with Gasteiger partial charge in [-0.3, -0.25) is 9.59 Å². The molecule has 0 radical (unpaired) electrons. The molecule has 1 unspecified atom stereocenters. The van der Waals surface area contributed by atoms with E-state index in [0.717, 1.165) is 0 Å². The van der Waals surface area contributed by atoms with Crippen LogP contribution in [0.2, 0.25) is 0 Å². The quantitative estimate of drug-likeness (QED) is 0.817. The largest absolute Gasteiger partial charge is 0.481 e. The van der Waals surface area contributed by atoms with Crippen molar-refractivity contribution in [2.75, 3.05) is 26.2 Å². The predicted octanol–water partition coefficient (Wildman–Crippen LogP) is 0.540. The summed E-state index contributed by atoms with van der Waals surface area (Å²) in [6.45, 7) is 3.50. The Hall–Kier alpha value is -1.79. The van der Waals surface area contributed by atoms with E-state index >= 15 is 0 Å². The van der Waals surface area contributed by atoms with Crippen molar-refractivity contribution >= 4 is 18.0 Å². The van der Waals surface area contributed by atoms with Crippen molar-refractivity contribution in [1.29, 1.82) is 0 Å². The number of carbonyl (C=O) groups excluding carboxylic acids is 2. The van der Waals surface area contributed by atoms with E-state index in [0.29, 0.717) is 32.5 Å². The van der Waals surface area contributed by atoms with Crippen molar-refractivity contribution in [3.63, 3.8) is 0 Å². The molecule has 2 aliphatic heterocycles. The summed E-state index contributed by atoms with van der Waals surface area (Å²) in [5, 5.41) is 8.97. The highest BCUT2D eigenvalue weighted by molar-refractivity contribution is 5.86. The standard InChI is InChI=1S/C13H20N2O5/c1-2-20-13(19)14-5-3-10(4-6-14)15-8-9(12(17)18)7-11(15)16/h9-10H,2-8H2,1H3,(H,17,18). The third-order valence-corrected chi connectivity index (χ3v) is 3.94. The number of rotatable bonds is 3. The number of piperidine rings is 1. The van der Waals surface area contributed by atoms with Gasteiger partial charge in [0, 0.05) is 32.1 Å². The first-order valence-corrected chi connectivity index (χ1v) is 6.97. The van der Waals surface area contributed by atoms with E-state index in [9.17, 15) is 14.4 Å². The third-order valence-electron chi connectivity index (χ3n) is 3.94. The molecule has 7 heteroatoms. The van der Waals surface area contributed by atoms with Crippen LogP contribution in [0.25, 0.3) is 0 Å². The Balaban J connectivity index is 1.86. The molecule has 2 aliphatic rings. The number of carbonyl (C=O) groups is 3. The number of hydrogen-bond acceptors (Lipinski definition) is 4. The minimum atomic E-state index is -0.912. The Kier molecular flexibility index (Phi) is 4.46. The van der Waals surface area contributed by atoms with Gasteiger partial charge >= 0.3 is 12.1 Å². The molecule has 0 bridgehead atoms. The highest BCUT2D eigenvalue weighted by atomic mass is 16.6. The van der Waals surface area contributed by atoms with Crippen molar-refractivity contribution in [2.24, 2.45) is 5.92 Å². The Labute approximate surface area is 117 Å². The van der Waals surface area contributed by atoms with Crippen LogP contribution in [0.5, 0.6) is 0 Å². The van der Waals surface area contributed by atoms with Gasteiger partial charge in [0.1, 0.15) is 0 Å². The second-order valence-corrected chi connectivity index (χ2v) is 5.20. The zero-order valence-electron chi connectivity index (χ0n) is 11.6. The normalized spacial score (nSPS) is 24.1. The van der Waals surface area contributed by atoms with Gasteiger partial charge in [-0.25, -0.2) is 4.79 Å². The summed E-state index contributed by atoms with van der Waals surface area (Å²) in [4.78, 5) is 37.7. The third kappa shape index (κ3) is 3.02. The summed E-state index contributed by atoms with van der Waals surface area (Å²) in [5.41, 5.74) is 0. The average molecular weight is 284 g/mol. The lowest BCUT2D eigenvalue weighted by atomic mass is 10.0. The Morgan fingerprint density at radius 1 is 1.35 bits per heavy atom. The van der Waals surface area contributed by atoms with Crippen LogP contribution in [-0.2, 0) is 14.3 Å². The molecule has 1 N–H and O–H groups in total. The lowest BCUT2D eigenvalue weighted by Crippen LogP contribution is -2.47. The molecule has 2 saturated heterocycles. The maximum absolute atomic E-state index is 11.9. The summed E-state index contributed by atoms with van der Waals surface area (Å²) in [7, 11) is 0. The number of likely N-dealkylation sites (tertiary alicyclic amines) is 2. The van der Waals surface area contributed by atoms with Gasteiger partial charge < -0.3 is 19.6 Å². The van der Waals surface area contributed by atoms with Gasteiger partial charge in [0.25, 0.3) is 0 Å². The molecular weight excluding hydrogens is 264 g/mol. The highest BCUT2D eigenvalue weighted by Crippen LogP contribution is 2.25. The molecule has 2 amide bonds. The zero-order chi connectivity index (χ0) is 14.7. The fraction of sp³-hybridized carbons (Fsp3) is 0.769. The van der Waals surface area contributed by atoms with Gasteiger partial charge in [-0.05, 0) is 19.8 Å². The molecule has 0 saturated carbocycles. The second kappa shape index (κ2) is 6.11. The van der Waals surface area contributed by atoms with Crippen molar-refractivity contribution in [2.45, 2.75) is 32.2 Å². The van der Waals surface area contributed by atoms with E-state index < -0.39 is 11.9 Å². The van der Waals surface area contributed by atoms with Crippen molar-refractivity contribution in [3.8, 4) is 0 Å². The maximum Gasteiger partial charge on any atom is 0.409 e. The fourth-order valence-electron chi connectivity index (χ4n) is 2.82. The van der Waals surface area contributed by atoms with Crippen LogP contribution in [0.1, 0.15) is 26.2 Å². The van der Waals surface area contributed by atoms with Gasteiger partial charge in [-0.1, -0.05) is 0 Å². The minimum absolute atomic E-state index is 0.0394. The van der Waals surface area contributed by atoms with Crippen molar-refractivity contribution in [1.82, 2.24) is 9.80 Å². The average Bonchev–Trinajstić information content (AvgIpc) is 2.81. The van der Waals surface area contributed by atoms with Crippen LogP contribution in [0, 0.1) is 5.92 Å². The van der Waals surface area contributed by atoms with Crippen LogP contribution in [0.3, 0.4) is 0 Å². The van der Waals surface area contributed by atoms with Gasteiger partial charge in [-0.15, -0.1) is 0 Å². The molecule has 1 atom stereocenters. The van der Waals surface area contributed by atoms with Crippen LogP contribution >= 0.6 is 0 Å². The first-order valence-electron chi connectivity index (χ1n) is 6.97. The highest BCUT2D eigenvalue weighted by Gasteiger charge is 2.39. The number of carboxylic acids is 1.